The minimum Gasteiger partial charge on any atom is -0.381 e. The Bertz CT molecular complexity index is 1020. The number of rotatable bonds is 4. The fourth-order valence-corrected chi connectivity index (χ4v) is 4.29. The van der Waals surface area contributed by atoms with Crippen LogP contribution in [0.4, 0.5) is 23.2 Å². The first-order chi connectivity index (χ1) is 14.7. The molecule has 0 aliphatic carbocycles. The van der Waals surface area contributed by atoms with E-state index >= 15 is 0 Å². The van der Waals surface area contributed by atoms with Crippen LogP contribution in [0.5, 0.6) is 0 Å². The first-order valence-electron chi connectivity index (χ1n) is 10.0. The summed E-state index contributed by atoms with van der Waals surface area (Å²) in [7, 11) is 0. The molecule has 10 heteroatoms. The predicted octanol–water partition coefficient (Wildman–Crippen LogP) is 3.20. The Kier molecular flexibility index (Phi) is 5.71. The number of nitriles is 1. The van der Waals surface area contributed by atoms with Crippen molar-refractivity contribution >= 4 is 22.5 Å². The van der Waals surface area contributed by atoms with E-state index in [0.717, 1.165) is 6.07 Å². The highest BCUT2D eigenvalue weighted by atomic mass is 19.4. The monoisotopic (exact) mass is 435 g/mol. The maximum Gasteiger partial charge on any atom is 0.418 e. The molecule has 1 aromatic carbocycles. The lowest BCUT2D eigenvalue weighted by Gasteiger charge is -2.23. The molecule has 0 saturated carbocycles. The van der Waals surface area contributed by atoms with Crippen molar-refractivity contribution in [2.75, 3.05) is 31.5 Å². The molecule has 3 heterocycles. The molecule has 1 amide bonds. The SMILES string of the molecule is N#C[C@@H]1C[C@H](F)CN1C(=O)CN1CC[C@H](Nc2cc(C(F)(F)F)c3ncccc3c2)C1. The second-order valence-corrected chi connectivity index (χ2v) is 7.99. The summed E-state index contributed by atoms with van der Waals surface area (Å²) < 4.78 is 54.0. The van der Waals surface area contributed by atoms with Crippen molar-refractivity contribution in [3.63, 3.8) is 0 Å². The van der Waals surface area contributed by atoms with E-state index in [1.54, 1.807) is 18.2 Å². The Morgan fingerprint density at radius 1 is 1.32 bits per heavy atom. The Morgan fingerprint density at radius 2 is 2.13 bits per heavy atom. The van der Waals surface area contributed by atoms with E-state index in [9.17, 15) is 22.4 Å². The van der Waals surface area contributed by atoms with Crippen molar-refractivity contribution in [2.45, 2.75) is 37.3 Å². The number of aromatic nitrogens is 1. The molecule has 0 unspecified atom stereocenters. The van der Waals surface area contributed by atoms with E-state index < -0.39 is 24.0 Å². The summed E-state index contributed by atoms with van der Waals surface area (Å²) in [4.78, 5) is 19.5. The second kappa shape index (κ2) is 8.30. The zero-order valence-electron chi connectivity index (χ0n) is 16.6. The van der Waals surface area contributed by atoms with E-state index in [4.69, 9.17) is 5.26 Å². The number of carbonyl (C=O) groups is 1. The van der Waals surface area contributed by atoms with Crippen molar-refractivity contribution in [3.05, 3.63) is 36.0 Å². The number of likely N-dealkylation sites (tertiary alicyclic amines) is 2. The summed E-state index contributed by atoms with van der Waals surface area (Å²) in [6, 6.07) is 6.95. The third kappa shape index (κ3) is 4.56. The maximum atomic E-state index is 13.6. The molecule has 1 N–H and O–H groups in total. The van der Waals surface area contributed by atoms with Crippen molar-refractivity contribution in [3.8, 4) is 6.07 Å². The summed E-state index contributed by atoms with van der Waals surface area (Å²) in [5.74, 6) is -0.302. The molecule has 4 rings (SSSR count). The van der Waals surface area contributed by atoms with Crippen molar-refractivity contribution in [1.82, 2.24) is 14.8 Å². The van der Waals surface area contributed by atoms with Gasteiger partial charge >= 0.3 is 6.18 Å². The van der Waals surface area contributed by atoms with Crippen LogP contribution in [0, 0.1) is 11.3 Å². The summed E-state index contributed by atoms with van der Waals surface area (Å²) in [6.07, 6.45) is -3.71. The lowest BCUT2D eigenvalue weighted by molar-refractivity contribution is -0.136. The number of alkyl halides is 4. The Morgan fingerprint density at radius 3 is 2.87 bits per heavy atom. The van der Waals surface area contributed by atoms with Gasteiger partial charge in [-0.2, -0.15) is 18.4 Å². The fourth-order valence-electron chi connectivity index (χ4n) is 4.29. The Balaban J connectivity index is 1.42. The van der Waals surface area contributed by atoms with Gasteiger partial charge in [0.2, 0.25) is 5.91 Å². The highest BCUT2D eigenvalue weighted by Crippen LogP contribution is 2.36. The van der Waals surface area contributed by atoms with E-state index in [2.05, 4.69) is 10.3 Å². The number of nitrogens with zero attached hydrogens (tertiary/aromatic N) is 4. The van der Waals surface area contributed by atoms with Gasteiger partial charge in [-0.05, 0) is 24.6 Å². The lowest BCUT2D eigenvalue weighted by Crippen LogP contribution is -2.42. The summed E-state index contributed by atoms with van der Waals surface area (Å²) in [6.45, 7) is 1.02. The van der Waals surface area contributed by atoms with Crippen molar-refractivity contribution in [2.24, 2.45) is 0 Å². The summed E-state index contributed by atoms with van der Waals surface area (Å²) in [5, 5.41) is 12.6. The van der Waals surface area contributed by atoms with Crippen LogP contribution in [-0.2, 0) is 11.0 Å². The van der Waals surface area contributed by atoms with Gasteiger partial charge in [-0.25, -0.2) is 4.39 Å². The minimum atomic E-state index is -4.53. The third-order valence-corrected chi connectivity index (χ3v) is 5.73. The quantitative estimate of drug-likeness (QED) is 0.747. The van der Waals surface area contributed by atoms with Crippen LogP contribution in [0.3, 0.4) is 0 Å². The van der Waals surface area contributed by atoms with Crippen LogP contribution < -0.4 is 5.32 Å². The van der Waals surface area contributed by atoms with Crippen LogP contribution in [-0.4, -0.2) is 65.1 Å². The molecule has 2 saturated heterocycles. The van der Waals surface area contributed by atoms with E-state index in [1.165, 1.54) is 11.1 Å². The van der Waals surface area contributed by atoms with Crippen LogP contribution in [0.25, 0.3) is 10.9 Å². The third-order valence-electron chi connectivity index (χ3n) is 5.73. The van der Waals surface area contributed by atoms with Gasteiger partial charge in [0, 0.05) is 42.8 Å². The number of benzene rings is 1. The number of anilines is 1. The molecule has 31 heavy (non-hydrogen) atoms. The molecule has 0 radical (unpaired) electrons. The maximum absolute atomic E-state index is 13.6. The molecule has 164 valence electrons. The normalized spacial score (nSPS) is 24.5. The molecule has 2 fully saturated rings. The zero-order valence-corrected chi connectivity index (χ0v) is 16.6. The number of fused-ring (bicyclic) bond motifs is 1. The van der Waals surface area contributed by atoms with Gasteiger partial charge in [0.05, 0.1) is 30.2 Å². The number of amides is 1. The predicted molar refractivity (Wildman–Crippen MR) is 106 cm³/mol. The van der Waals surface area contributed by atoms with Gasteiger partial charge in [0.1, 0.15) is 12.2 Å². The van der Waals surface area contributed by atoms with Gasteiger partial charge in [0.25, 0.3) is 0 Å². The van der Waals surface area contributed by atoms with Crippen LogP contribution in [0.15, 0.2) is 30.5 Å². The van der Waals surface area contributed by atoms with E-state index in [-0.39, 0.29) is 37.0 Å². The van der Waals surface area contributed by atoms with Crippen LogP contribution in [0.2, 0.25) is 0 Å². The number of nitrogens with one attached hydrogen (secondary N) is 1. The van der Waals surface area contributed by atoms with Crippen LogP contribution in [0.1, 0.15) is 18.4 Å². The molecule has 0 spiro atoms. The van der Waals surface area contributed by atoms with Gasteiger partial charge in [-0.1, -0.05) is 6.07 Å². The molecule has 6 nitrogen and oxygen atoms in total. The molecule has 1 aromatic heterocycles. The number of hydrogen-bond donors (Lipinski definition) is 1. The number of carbonyl (C=O) groups excluding carboxylic acids is 1. The minimum absolute atomic E-state index is 0.0325. The molecule has 2 aliphatic rings. The van der Waals surface area contributed by atoms with Gasteiger partial charge in [-0.15, -0.1) is 0 Å². The first kappa shape index (κ1) is 21.3. The number of halogens is 4. The van der Waals surface area contributed by atoms with Gasteiger partial charge in [0.15, 0.2) is 0 Å². The van der Waals surface area contributed by atoms with Crippen molar-refractivity contribution < 1.29 is 22.4 Å². The fraction of sp³-hybridized carbons (Fsp3) is 0.476. The molecular weight excluding hydrogens is 414 g/mol. The number of pyridine rings is 1. The average molecular weight is 435 g/mol. The molecular formula is C21H21F4N5O. The largest absolute Gasteiger partial charge is 0.418 e. The molecule has 3 atom stereocenters. The first-order valence-corrected chi connectivity index (χ1v) is 10.0. The van der Waals surface area contributed by atoms with Gasteiger partial charge in [-0.3, -0.25) is 14.7 Å². The standard InChI is InChI=1S/C21H21F4N5O/c22-14-7-17(9-26)30(10-14)19(31)12-29-5-3-15(11-29)28-16-6-13-2-1-4-27-20(13)18(8-16)21(23,24)25/h1-2,4,6,8,14-15,17,28H,3,5,7,10-12H2/t14-,15-,17-/m0/s1. The molecule has 2 aliphatic heterocycles. The number of hydrogen-bond acceptors (Lipinski definition) is 5. The molecule has 0 bridgehead atoms. The topological polar surface area (TPSA) is 72.3 Å². The Labute approximate surface area is 176 Å². The van der Waals surface area contributed by atoms with Crippen LogP contribution >= 0.6 is 0 Å². The second-order valence-electron chi connectivity index (χ2n) is 7.99. The Hall–Kier alpha value is -2.93. The highest BCUT2D eigenvalue weighted by Gasteiger charge is 2.37. The molecule has 2 aromatic rings. The average Bonchev–Trinajstić information content (AvgIpc) is 3.32. The summed E-state index contributed by atoms with van der Waals surface area (Å²) in [5.41, 5.74) is -0.547. The lowest BCUT2D eigenvalue weighted by atomic mass is 10.1. The van der Waals surface area contributed by atoms with Gasteiger partial charge < -0.3 is 10.2 Å². The van der Waals surface area contributed by atoms with E-state index in [1.807, 2.05) is 11.0 Å². The van der Waals surface area contributed by atoms with Crippen molar-refractivity contribution in [1.29, 1.82) is 5.26 Å². The smallest absolute Gasteiger partial charge is 0.381 e. The zero-order chi connectivity index (χ0) is 22.2. The highest BCUT2D eigenvalue weighted by molar-refractivity contribution is 5.86. The van der Waals surface area contributed by atoms with E-state index in [0.29, 0.717) is 30.6 Å². The summed E-state index contributed by atoms with van der Waals surface area (Å²) >= 11 is 0.